The van der Waals surface area contributed by atoms with Crippen LogP contribution in [0.15, 0.2) is 40.8 Å². The lowest BCUT2D eigenvalue weighted by molar-refractivity contribution is -0.112. The average molecular weight is 379 g/mol. The van der Waals surface area contributed by atoms with Gasteiger partial charge in [-0.05, 0) is 61.0 Å². The molecule has 0 spiro atoms. The summed E-state index contributed by atoms with van der Waals surface area (Å²) in [6.07, 6.45) is 1.38. The number of ether oxygens (including phenoxy) is 1. The number of nitrogens with one attached hydrogen (secondary N) is 1. The molecule has 0 fully saturated rings. The number of benzene rings is 2. The smallest absolute Gasteiger partial charge is 0.266 e. The van der Waals surface area contributed by atoms with Gasteiger partial charge >= 0.3 is 0 Å². The highest BCUT2D eigenvalue weighted by atomic mass is 32.2. The SMILES string of the molecule is COc1cc(/C=C(/C#N)C(=O)Nc2ccc(C)cc2C)cc(SC#N)c1O. The van der Waals surface area contributed by atoms with Crippen molar-refractivity contribution in [3.8, 4) is 23.0 Å². The summed E-state index contributed by atoms with van der Waals surface area (Å²) in [4.78, 5) is 12.8. The van der Waals surface area contributed by atoms with Gasteiger partial charge in [0.15, 0.2) is 11.5 Å². The van der Waals surface area contributed by atoms with Gasteiger partial charge in [-0.2, -0.15) is 10.5 Å². The Kier molecular flexibility index (Phi) is 6.48. The van der Waals surface area contributed by atoms with Crippen LogP contribution in [-0.4, -0.2) is 18.1 Å². The van der Waals surface area contributed by atoms with Gasteiger partial charge in [0.05, 0.1) is 12.0 Å². The molecule has 0 saturated carbocycles. The van der Waals surface area contributed by atoms with Crippen molar-refractivity contribution in [2.75, 3.05) is 12.4 Å². The number of thioether (sulfide) groups is 1. The van der Waals surface area contributed by atoms with Crippen LogP contribution in [0, 0.1) is 35.8 Å². The molecule has 0 aromatic heterocycles. The van der Waals surface area contributed by atoms with E-state index in [4.69, 9.17) is 10.00 Å². The Hall–Kier alpha value is -3.42. The van der Waals surface area contributed by atoms with Gasteiger partial charge in [0.2, 0.25) is 0 Å². The molecule has 0 saturated heterocycles. The summed E-state index contributed by atoms with van der Waals surface area (Å²) in [5.74, 6) is -0.570. The number of aromatic hydroxyl groups is 1. The van der Waals surface area contributed by atoms with E-state index in [1.807, 2.05) is 37.5 Å². The molecule has 6 nitrogen and oxygen atoms in total. The average Bonchev–Trinajstić information content (AvgIpc) is 2.64. The van der Waals surface area contributed by atoms with E-state index in [2.05, 4.69) is 5.32 Å². The molecule has 0 aliphatic carbocycles. The molecular weight excluding hydrogens is 362 g/mol. The van der Waals surface area contributed by atoms with Crippen LogP contribution >= 0.6 is 11.8 Å². The topological polar surface area (TPSA) is 106 Å². The minimum atomic E-state index is -0.550. The van der Waals surface area contributed by atoms with Crippen LogP contribution in [0.4, 0.5) is 5.69 Å². The lowest BCUT2D eigenvalue weighted by atomic mass is 10.1. The highest BCUT2D eigenvalue weighted by Crippen LogP contribution is 2.38. The third kappa shape index (κ3) is 4.81. The van der Waals surface area contributed by atoms with Gasteiger partial charge in [-0.25, -0.2) is 0 Å². The predicted octanol–water partition coefficient (Wildman–Crippen LogP) is 4.14. The molecule has 0 heterocycles. The van der Waals surface area contributed by atoms with E-state index < -0.39 is 5.91 Å². The lowest BCUT2D eigenvalue weighted by Crippen LogP contribution is -2.14. The Morgan fingerprint density at radius 2 is 2.00 bits per heavy atom. The van der Waals surface area contributed by atoms with Crippen LogP contribution in [0.1, 0.15) is 16.7 Å². The van der Waals surface area contributed by atoms with Gasteiger partial charge in [-0.1, -0.05) is 17.7 Å². The second kappa shape index (κ2) is 8.79. The van der Waals surface area contributed by atoms with Crippen molar-refractivity contribution in [1.82, 2.24) is 0 Å². The van der Waals surface area contributed by atoms with Crippen molar-refractivity contribution in [3.05, 3.63) is 52.6 Å². The zero-order valence-corrected chi connectivity index (χ0v) is 15.8. The number of hydrogen-bond donors (Lipinski definition) is 2. The number of amides is 1. The lowest BCUT2D eigenvalue weighted by Gasteiger charge is -2.10. The van der Waals surface area contributed by atoms with Gasteiger partial charge in [-0.3, -0.25) is 4.79 Å². The number of methoxy groups -OCH3 is 1. The summed E-state index contributed by atoms with van der Waals surface area (Å²) in [6.45, 7) is 3.82. The fourth-order valence-corrected chi connectivity index (χ4v) is 2.92. The van der Waals surface area contributed by atoms with Gasteiger partial charge in [0.25, 0.3) is 5.91 Å². The molecule has 2 aromatic rings. The van der Waals surface area contributed by atoms with Crippen molar-refractivity contribution in [3.63, 3.8) is 0 Å². The first-order valence-corrected chi connectivity index (χ1v) is 8.68. The highest BCUT2D eigenvalue weighted by Gasteiger charge is 2.14. The molecule has 2 aromatic carbocycles. The normalized spacial score (nSPS) is 10.6. The van der Waals surface area contributed by atoms with Crippen LogP contribution in [0.5, 0.6) is 11.5 Å². The van der Waals surface area contributed by atoms with E-state index in [-0.39, 0.29) is 22.0 Å². The first kappa shape index (κ1) is 19.9. The van der Waals surface area contributed by atoms with E-state index in [1.165, 1.54) is 25.3 Å². The van der Waals surface area contributed by atoms with E-state index in [0.29, 0.717) is 11.3 Å². The number of carbonyl (C=O) groups excluding carboxylic acids is 1. The Morgan fingerprint density at radius 3 is 2.59 bits per heavy atom. The Morgan fingerprint density at radius 1 is 1.26 bits per heavy atom. The molecule has 0 atom stereocenters. The first-order chi connectivity index (χ1) is 12.9. The summed E-state index contributed by atoms with van der Waals surface area (Å²) in [5.41, 5.74) is 2.92. The minimum absolute atomic E-state index is 0.115. The van der Waals surface area contributed by atoms with Crippen molar-refractivity contribution in [2.45, 2.75) is 18.7 Å². The maximum Gasteiger partial charge on any atom is 0.266 e. The number of phenolic OH excluding ortho intramolecular Hbond substituents is 1. The quantitative estimate of drug-likeness (QED) is 0.350. The van der Waals surface area contributed by atoms with Gasteiger partial charge < -0.3 is 15.2 Å². The maximum absolute atomic E-state index is 12.5. The number of rotatable bonds is 5. The molecule has 7 heteroatoms. The molecule has 0 bridgehead atoms. The maximum atomic E-state index is 12.5. The van der Waals surface area contributed by atoms with Crippen LogP contribution in [0.25, 0.3) is 6.08 Å². The molecule has 0 radical (unpaired) electrons. The first-order valence-electron chi connectivity index (χ1n) is 7.87. The fraction of sp³-hybridized carbons (Fsp3) is 0.150. The fourth-order valence-electron chi connectivity index (χ4n) is 2.43. The predicted molar refractivity (Wildman–Crippen MR) is 104 cm³/mol. The van der Waals surface area contributed by atoms with Crippen LogP contribution < -0.4 is 10.1 Å². The standard InChI is InChI=1S/C20H17N3O3S/c1-12-4-5-16(13(2)6-12)23-20(25)15(10-21)7-14-8-17(26-3)19(24)18(9-14)27-11-22/h4-9,24H,1-3H3,(H,23,25)/b15-7-. The molecule has 0 aliphatic rings. The number of hydrogen-bond acceptors (Lipinski definition) is 6. The number of aryl methyl sites for hydroxylation is 2. The summed E-state index contributed by atoms with van der Waals surface area (Å²) < 4.78 is 5.09. The van der Waals surface area contributed by atoms with Crippen LogP contribution in [0.3, 0.4) is 0 Å². The monoisotopic (exact) mass is 379 g/mol. The van der Waals surface area contributed by atoms with Gasteiger partial charge in [0, 0.05) is 5.69 Å². The van der Waals surface area contributed by atoms with Crippen molar-refractivity contribution in [1.29, 1.82) is 10.5 Å². The molecule has 2 rings (SSSR count). The van der Waals surface area contributed by atoms with Crippen molar-refractivity contribution >= 4 is 29.4 Å². The summed E-state index contributed by atoms with van der Waals surface area (Å²) in [6, 6.07) is 10.5. The van der Waals surface area contributed by atoms with E-state index in [0.717, 1.165) is 22.9 Å². The number of thiocyanates is 1. The number of phenols is 1. The molecule has 27 heavy (non-hydrogen) atoms. The third-order valence-corrected chi connectivity index (χ3v) is 4.37. The number of anilines is 1. The minimum Gasteiger partial charge on any atom is -0.503 e. The molecular formula is C20H17N3O3S. The zero-order valence-electron chi connectivity index (χ0n) is 15.0. The van der Waals surface area contributed by atoms with Gasteiger partial charge in [-0.15, -0.1) is 0 Å². The van der Waals surface area contributed by atoms with Crippen LogP contribution in [-0.2, 0) is 4.79 Å². The van der Waals surface area contributed by atoms with Gasteiger partial charge in [0.1, 0.15) is 17.0 Å². The second-order valence-electron chi connectivity index (χ2n) is 5.71. The third-order valence-electron chi connectivity index (χ3n) is 3.74. The van der Waals surface area contributed by atoms with E-state index in [9.17, 15) is 15.2 Å². The number of nitriles is 2. The second-order valence-corrected chi connectivity index (χ2v) is 6.53. The van der Waals surface area contributed by atoms with Crippen molar-refractivity contribution < 1.29 is 14.6 Å². The summed E-state index contributed by atoms with van der Waals surface area (Å²) >= 11 is 0.757. The largest absolute Gasteiger partial charge is 0.503 e. The molecule has 1 amide bonds. The molecule has 136 valence electrons. The Labute approximate surface area is 161 Å². The Balaban J connectivity index is 2.37. The Bertz CT molecular complexity index is 1000. The highest BCUT2D eigenvalue weighted by molar-refractivity contribution is 8.03. The number of carbonyl (C=O) groups is 1. The zero-order chi connectivity index (χ0) is 20.0. The molecule has 0 aliphatic heterocycles. The summed E-state index contributed by atoms with van der Waals surface area (Å²) in [5, 5.41) is 32.9. The molecule has 0 unspecified atom stereocenters. The molecule has 2 N–H and O–H groups in total. The van der Waals surface area contributed by atoms with Crippen molar-refractivity contribution in [2.24, 2.45) is 0 Å². The van der Waals surface area contributed by atoms with E-state index >= 15 is 0 Å². The van der Waals surface area contributed by atoms with E-state index in [1.54, 1.807) is 6.07 Å². The summed E-state index contributed by atoms with van der Waals surface area (Å²) in [7, 11) is 1.38. The van der Waals surface area contributed by atoms with Crippen LogP contribution in [0.2, 0.25) is 0 Å². The number of nitrogens with zero attached hydrogens (tertiary/aromatic N) is 2.